The number of nitrogens with zero attached hydrogens (tertiary/aromatic N) is 2. The van der Waals surface area contributed by atoms with Crippen LogP contribution in [0.4, 0.5) is 4.39 Å². The Morgan fingerprint density at radius 2 is 2.00 bits per heavy atom. The van der Waals surface area contributed by atoms with E-state index in [4.69, 9.17) is 4.74 Å². The van der Waals surface area contributed by atoms with Crippen molar-refractivity contribution < 1.29 is 9.13 Å². The highest BCUT2D eigenvalue weighted by Gasteiger charge is 2.14. The Morgan fingerprint density at radius 1 is 1.23 bits per heavy atom. The number of hydrogen-bond acceptors (Lipinski definition) is 4. The van der Waals surface area contributed by atoms with E-state index in [0.717, 1.165) is 5.56 Å². The van der Waals surface area contributed by atoms with Crippen molar-refractivity contribution in [2.45, 2.75) is 31.3 Å². The normalized spacial score (nSPS) is 11.3. The Kier molecular flexibility index (Phi) is 5.61. The van der Waals surface area contributed by atoms with Crippen molar-refractivity contribution in [3.05, 3.63) is 64.2 Å². The SMILES string of the molecule is COc1ccc(F)cc1CSc1nc2ccccc2c(=O)n1CC(C)C. The van der Waals surface area contributed by atoms with Gasteiger partial charge in [-0.05, 0) is 36.2 Å². The number of halogens is 1. The lowest BCUT2D eigenvalue weighted by molar-refractivity contribution is 0.410. The first-order valence-electron chi connectivity index (χ1n) is 8.44. The van der Waals surface area contributed by atoms with Gasteiger partial charge < -0.3 is 4.74 Å². The molecule has 3 aromatic rings. The fourth-order valence-electron chi connectivity index (χ4n) is 2.79. The quantitative estimate of drug-likeness (QED) is 0.472. The number of thioether (sulfide) groups is 1. The van der Waals surface area contributed by atoms with Gasteiger partial charge in [-0.1, -0.05) is 37.7 Å². The molecule has 0 saturated heterocycles. The largest absolute Gasteiger partial charge is 0.496 e. The van der Waals surface area contributed by atoms with Crippen molar-refractivity contribution in [3.63, 3.8) is 0 Å². The average Bonchev–Trinajstić information content (AvgIpc) is 2.62. The Labute approximate surface area is 156 Å². The summed E-state index contributed by atoms with van der Waals surface area (Å²) in [5.41, 5.74) is 1.36. The van der Waals surface area contributed by atoms with Crippen molar-refractivity contribution in [2.75, 3.05) is 7.11 Å². The van der Waals surface area contributed by atoms with Crippen LogP contribution in [0.2, 0.25) is 0 Å². The van der Waals surface area contributed by atoms with E-state index >= 15 is 0 Å². The van der Waals surface area contributed by atoms with Gasteiger partial charge in [0.1, 0.15) is 11.6 Å². The van der Waals surface area contributed by atoms with E-state index in [2.05, 4.69) is 18.8 Å². The highest BCUT2D eigenvalue weighted by Crippen LogP contribution is 2.28. The van der Waals surface area contributed by atoms with E-state index in [9.17, 15) is 9.18 Å². The van der Waals surface area contributed by atoms with Crippen LogP contribution in [0.5, 0.6) is 5.75 Å². The van der Waals surface area contributed by atoms with Crippen LogP contribution in [0.15, 0.2) is 52.4 Å². The van der Waals surface area contributed by atoms with Gasteiger partial charge in [-0.3, -0.25) is 9.36 Å². The molecule has 0 amide bonds. The summed E-state index contributed by atoms with van der Waals surface area (Å²) >= 11 is 1.41. The van der Waals surface area contributed by atoms with Crippen LogP contribution in [0.3, 0.4) is 0 Å². The second kappa shape index (κ2) is 7.91. The first-order chi connectivity index (χ1) is 12.5. The molecule has 0 N–H and O–H groups in total. The van der Waals surface area contributed by atoms with Crippen LogP contribution in [0, 0.1) is 11.7 Å². The van der Waals surface area contributed by atoms with Gasteiger partial charge >= 0.3 is 0 Å². The highest BCUT2D eigenvalue weighted by atomic mass is 32.2. The van der Waals surface area contributed by atoms with Gasteiger partial charge in [-0.2, -0.15) is 0 Å². The number of aromatic nitrogens is 2. The van der Waals surface area contributed by atoms with Crippen molar-refractivity contribution in [2.24, 2.45) is 5.92 Å². The average molecular weight is 372 g/mol. The third-order valence-corrected chi connectivity index (χ3v) is 5.00. The van der Waals surface area contributed by atoms with Crippen molar-refractivity contribution in [3.8, 4) is 5.75 Å². The molecule has 26 heavy (non-hydrogen) atoms. The van der Waals surface area contributed by atoms with E-state index in [1.54, 1.807) is 23.8 Å². The molecule has 2 aromatic carbocycles. The lowest BCUT2D eigenvalue weighted by atomic mass is 10.2. The summed E-state index contributed by atoms with van der Waals surface area (Å²) < 4.78 is 20.6. The molecule has 6 heteroatoms. The number of methoxy groups -OCH3 is 1. The standard InChI is InChI=1S/C20H21FN2O2S/c1-13(2)11-23-19(24)16-6-4-5-7-17(16)22-20(23)26-12-14-10-15(21)8-9-18(14)25-3/h4-10,13H,11-12H2,1-3H3. The second-order valence-electron chi connectivity index (χ2n) is 6.47. The van der Waals surface area contributed by atoms with E-state index in [1.807, 2.05) is 18.2 Å². The lowest BCUT2D eigenvalue weighted by Crippen LogP contribution is -2.25. The predicted molar refractivity (Wildman–Crippen MR) is 103 cm³/mol. The number of fused-ring (bicyclic) bond motifs is 1. The monoisotopic (exact) mass is 372 g/mol. The number of rotatable bonds is 6. The van der Waals surface area contributed by atoms with Crippen LogP contribution in [0.1, 0.15) is 19.4 Å². The van der Waals surface area contributed by atoms with Gasteiger partial charge in [0.05, 0.1) is 18.0 Å². The molecule has 0 aliphatic carbocycles. The molecule has 1 heterocycles. The van der Waals surface area contributed by atoms with E-state index < -0.39 is 0 Å². The molecule has 0 unspecified atom stereocenters. The lowest BCUT2D eigenvalue weighted by Gasteiger charge is -2.15. The second-order valence-corrected chi connectivity index (χ2v) is 7.41. The molecule has 4 nitrogen and oxygen atoms in total. The van der Waals surface area contributed by atoms with E-state index in [-0.39, 0.29) is 11.4 Å². The van der Waals surface area contributed by atoms with Gasteiger partial charge in [0.25, 0.3) is 5.56 Å². The molecule has 136 valence electrons. The molecule has 0 spiro atoms. The summed E-state index contributed by atoms with van der Waals surface area (Å²) in [6, 6.07) is 11.8. The van der Waals surface area contributed by atoms with Gasteiger partial charge in [0.2, 0.25) is 0 Å². The summed E-state index contributed by atoms with van der Waals surface area (Å²) in [6.07, 6.45) is 0. The minimum absolute atomic E-state index is 0.0435. The molecular weight excluding hydrogens is 351 g/mol. The molecule has 0 fully saturated rings. The number of ether oxygens (including phenoxy) is 1. The first-order valence-corrected chi connectivity index (χ1v) is 9.43. The minimum atomic E-state index is -0.313. The summed E-state index contributed by atoms with van der Waals surface area (Å²) in [4.78, 5) is 17.6. The van der Waals surface area contributed by atoms with Crippen molar-refractivity contribution >= 4 is 22.7 Å². The molecule has 1 aromatic heterocycles. The molecule has 3 rings (SSSR count). The number of hydrogen-bond donors (Lipinski definition) is 0. The van der Waals surface area contributed by atoms with Gasteiger partial charge in [0.15, 0.2) is 5.16 Å². The molecule has 0 aliphatic rings. The maximum absolute atomic E-state index is 13.6. The highest BCUT2D eigenvalue weighted by molar-refractivity contribution is 7.98. The van der Waals surface area contributed by atoms with E-state index in [1.165, 1.54) is 23.9 Å². The molecule has 0 bridgehead atoms. The summed E-state index contributed by atoms with van der Waals surface area (Å²) in [5, 5.41) is 1.24. The predicted octanol–water partition coefficient (Wildman–Crippen LogP) is 4.49. The summed E-state index contributed by atoms with van der Waals surface area (Å²) in [5.74, 6) is 1.08. The Morgan fingerprint density at radius 3 is 2.73 bits per heavy atom. The topological polar surface area (TPSA) is 44.1 Å². The van der Waals surface area contributed by atoms with E-state index in [0.29, 0.717) is 40.0 Å². The maximum atomic E-state index is 13.6. The zero-order chi connectivity index (χ0) is 18.7. The molecule has 0 saturated carbocycles. The van der Waals surface area contributed by atoms with Crippen LogP contribution in [-0.4, -0.2) is 16.7 Å². The fraction of sp³-hybridized carbons (Fsp3) is 0.300. The smallest absolute Gasteiger partial charge is 0.262 e. The molecular formula is C20H21FN2O2S. The minimum Gasteiger partial charge on any atom is -0.496 e. The van der Waals surface area contributed by atoms with Crippen LogP contribution >= 0.6 is 11.8 Å². The number of benzene rings is 2. The zero-order valence-corrected chi connectivity index (χ0v) is 15.8. The fourth-order valence-corrected chi connectivity index (χ4v) is 3.77. The Bertz CT molecular complexity index is 985. The van der Waals surface area contributed by atoms with Crippen LogP contribution in [-0.2, 0) is 12.3 Å². The van der Waals surface area contributed by atoms with Gasteiger partial charge in [-0.15, -0.1) is 0 Å². The third kappa shape index (κ3) is 3.90. The maximum Gasteiger partial charge on any atom is 0.262 e. The van der Waals surface area contributed by atoms with Gasteiger partial charge in [-0.25, -0.2) is 9.37 Å². The van der Waals surface area contributed by atoms with Crippen LogP contribution in [0.25, 0.3) is 10.9 Å². The molecule has 0 radical (unpaired) electrons. The Hall–Kier alpha value is -2.34. The Balaban J connectivity index is 2.01. The zero-order valence-electron chi connectivity index (χ0n) is 15.0. The summed E-state index contributed by atoms with van der Waals surface area (Å²) in [7, 11) is 1.56. The van der Waals surface area contributed by atoms with Crippen molar-refractivity contribution in [1.82, 2.24) is 9.55 Å². The molecule has 0 atom stereocenters. The third-order valence-electron chi connectivity index (χ3n) is 3.97. The van der Waals surface area contributed by atoms with Crippen LogP contribution < -0.4 is 10.3 Å². The number of para-hydroxylation sites is 1. The van der Waals surface area contributed by atoms with Gasteiger partial charge in [0, 0.05) is 17.9 Å². The summed E-state index contributed by atoms with van der Waals surface area (Å²) in [6.45, 7) is 4.71. The first kappa shape index (κ1) is 18.5. The molecule has 0 aliphatic heterocycles. The van der Waals surface area contributed by atoms with Crippen molar-refractivity contribution in [1.29, 1.82) is 0 Å².